The monoisotopic (exact) mass is 421 g/mol. The Morgan fingerprint density at radius 3 is 2.27 bits per heavy atom. The van der Waals surface area contributed by atoms with Crippen molar-refractivity contribution in [3.8, 4) is 5.00 Å². The van der Waals surface area contributed by atoms with Crippen LogP contribution in [0.5, 0.6) is 0 Å². The Balaban J connectivity index is 1.59. The number of carbonyl (C=O) groups is 2. The first-order chi connectivity index (χ1) is 14.4. The number of nitrogens with one attached hydrogen (secondary N) is 2. The van der Waals surface area contributed by atoms with E-state index in [1.807, 2.05) is 35.9 Å². The van der Waals surface area contributed by atoms with Crippen molar-refractivity contribution in [1.82, 2.24) is 25.2 Å². The summed E-state index contributed by atoms with van der Waals surface area (Å²) in [4.78, 5) is 37.7. The molecule has 152 valence electrons. The second kappa shape index (κ2) is 7.60. The highest BCUT2D eigenvalue weighted by molar-refractivity contribution is 7.13. The minimum Gasteiger partial charge on any atom is -0.309 e. The van der Waals surface area contributed by atoms with Crippen LogP contribution in [0.25, 0.3) is 15.8 Å². The zero-order valence-corrected chi connectivity index (χ0v) is 17.4. The second-order valence-corrected chi connectivity index (χ2v) is 7.72. The van der Waals surface area contributed by atoms with Crippen molar-refractivity contribution in [1.29, 1.82) is 0 Å². The second-order valence-electron chi connectivity index (χ2n) is 6.82. The summed E-state index contributed by atoms with van der Waals surface area (Å²) in [7, 11) is 1.48. The molecule has 0 atom stereocenters. The van der Waals surface area contributed by atoms with Gasteiger partial charge in [0.2, 0.25) is 0 Å². The van der Waals surface area contributed by atoms with Gasteiger partial charge in [-0.25, -0.2) is 4.68 Å². The Labute approximate surface area is 175 Å². The van der Waals surface area contributed by atoms with E-state index >= 15 is 0 Å². The largest absolute Gasteiger partial charge is 0.309 e. The van der Waals surface area contributed by atoms with E-state index in [1.54, 1.807) is 30.3 Å². The molecule has 3 heterocycles. The van der Waals surface area contributed by atoms with E-state index in [1.165, 1.54) is 18.4 Å². The maximum Gasteiger partial charge on any atom is 0.290 e. The molecule has 0 bridgehead atoms. The first kappa shape index (κ1) is 19.6. The topological polar surface area (TPSA) is 98.0 Å². The fourth-order valence-electron chi connectivity index (χ4n) is 3.34. The highest BCUT2D eigenvalue weighted by Crippen LogP contribution is 2.25. The predicted molar refractivity (Wildman–Crippen MR) is 115 cm³/mol. The van der Waals surface area contributed by atoms with E-state index in [0.717, 1.165) is 21.1 Å². The SMILES string of the molecule is Cc1ccc(C)n1-c1sccc1C(=O)NNC(=O)c1nn(C)c(=O)c2ccccc12. The lowest BCUT2D eigenvalue weighted by Gasteiger charge is -2.12. The van der Waals surface area contributed by atoms with Crippen LogP contribution in [0.15, 0.2) is 52.6 Å². The summed E-state index contributed by atoms with van der Waals surface area (Å²) in [5, 5.41) is 7.46. The maximum absolute atomic E-state index is 12.8. The van der Waals surface area contributed by atoms with Gasteiger partial charge >= 0.3 is 0 Å². The fraction of sp³-hybridized carbons (Fsp3) is 0.143. The number of hydrazine groups is 1. The number of carbonyl (C=O) groups excluding carboxylic acids is 2. The molecule has 8 nitrogen and oxygen atoms in total. The van der Waals surface area contributed by atoms with Crippen LogP contribution in [-0.2, 0) is 7.05 Å². The molecule has 2 amide bonds. The van der Waals surface area contributed by atoms with Gasteiger partial charge in [-0.3, -0.25) is 25.2 Å². The summed E-state index contributed by atoms with van der Waals surface area (Å²) >= 11 is 1.44. The number of hydrogen-bond donors (Lipinski definition) is 2. The third kappa shape index (κ3) is 3.29. The number of benzene rings is 1. The number of nitrogens with zero attached hydrogens (tertiary/aromatic N) is 3. The average Bonchev–Trinajstić information content (AvgIpc) is 3.34. The molecule has 0 aliphatic rings. The van der Waals surface area contributed by atoms with Gasteiger partial charge in [0, 0.05) is 23.8 Å². The van der Waals surface area contributed by atoms with E-state index in [4.69, 9.17) is 0 Å². The van der Waals surface area contributed by atoms with Crippen molar-refractivity contribution in [2.45, 2.75) is 13.8 Å². The van der Waals surface area contributed by atoms with Crippen LogP contribution in [0.2, 0.25) is 0 Å². The Morgan fingerprint density at radius 1 is 0.933 bits per heavy atom. The zero-order chi connectivity index (χ0) is 21.4. The normalized spacial score (nSPS) is 10.9. The van der Waals surface area contributed by atoms with Crippen LogP contribution in [-0.4, -0.2) is 26.2 Å². The van der Waals surface area contributed by atoms with Crippen molar-refractivity contribution in [3.05, 3.63) is 80.8 Å². The van der Waals surface area contributed by atoms with Crippen molar-refractivity contribution in [2.24, 2.45) is 7.05 Å². The van der Waals surface area contributed by atoms with Crippen LogP contribution >= 0.6 is 11.3 Å². The van der Waals surface area contributed by atoms with Gasteiger partial charge in [-0.2, -0.15) is 5.10 Å². The molecule has 0 aliphatic carbocycles. The summed E-state index contributed by atoms with van der Waals surface area (Å²) in [5.74, 6) is -1.05. The number of hydrogen-bond acceptors (Lipinski definition) is 5. The number of aromatic nitrogens is 3. The van der Waals surface area contributed by atoms with Gasteiger partial charge in [0.05, 0.1) is 10.9 Å². The van der Waals surface area contributed by atoms with E-state index < -0.39 is 11.8 Å². The first-order valence-corrected chi connectivity index (χ1v) is 10.1. The molecule has 0 radical (unpaired) electrons. The lowest BCUT2D eigenvalue weighted by molar-refractivity contribution is 0.0844. The predicted octanol–water partition coefficient (Wildman–Crippen LogP) is 2.48. The minimum absolute atomic E-state index is 0.0515. The number of aryl methyl sites for hydroxylation is 3. The Hall–Kier alpha value is -3.72. The fourth-order valence-corrected chi connectivity index (χ4v) is 4.36. The summed E-state index contributed by atoms with van der Waals surface area (Å²) in [5.41, 5.74) is 7.07. The Bertz CT molecular complexity index is 1330. The molecule has 4 rings (SSSR count). The van der Waals surface area contributed by atoms with Crippen molar-refractivity contribution < 1.29 is 9.59 Å². The summed E-state index contributed by atoms with van der Waals surface area (Å²) in [6.07, 6.45) is 0. The van der Waals surface area contributed by atoms with Crippen LogP contribution in [0, 0.1) is 13.8 Å². The quantitative estimate of drug-likeness (QED) is 0.497. The van der Waals surface area contributed by atoms with Crippen molar-refractivity contribution in [3.63, 3.8) is 0 Å². The van der Waals surface area contributed by atoms with Crippen molar-refractivity contribution >= 4 is 33.9 Å². The van der Waals surface area contributed by atoms with Gasteiger partial charge in [-0.05, 0) is 43.5 Å². The molecule has 2 N–H and O–H groups in total. The lowest BCUT2D eigenvalue weighted by atomic mass is 10.1. The standard InChI is InChI=1S/C21H19N5O3S/c1-12-8-9-13(2)26(12)21-16(10-11-30-21)18(27)22-23-19(28)17-14-6-4-5-7-15(14)20(29)25(3)24-17/h4-11H,1-3H3,(H,22,27)(H,23,28). The van der Waals surface area contributed by atoms with Gasteiger partial charge in [0.25, 0.3) is 17.4 Å². The molecular formula is C21H19N5O3S. The minimum atomic E-state index is -0.611. The molecule has 3 aromatic heterocycles. The molecule has 0 fully saturated rings. The Morgan fingerprint density at radius 2 is 1.57 bits per heavy atom. The number of amides is 2. The van der Waals surface area contributed by atoms with E-state index in [9.17, 15) is 14.4 Å². The molecule has 30 heavy (non-hydrogen) atoms. The van der Waals surface area contributed by atoms with Gasteiger partial charge in [0.15, 0.2) is 5.69 Å². The maximum atomic E-state index is 12.8. The van der Waals surface area contributed by atoms with Crippen LogP contribution in [0.4, 0.5) is 0 Å². The Kier molecular flexibility index (Phi) is 4.96. The summed E-state index contributed by atoms with van der Waals surface area (Å²) in [6.45, 7) is 3.93. The van der Waals surface area contributed by atoms with Crippen molar-refractivity contribution in [2.75, 3.05) is 0 Å². The molecule has 9 heteroatoms. The molecule has 0 saturated carbocycles. The highest BCUT2D eigenvalue weighted by atomic mass is 32.1. The summed E-state index contributed by atoms with van der Waals surface area (Å²) in [6, 6.07) is 12.4. The molecule has 1 aromatic carbocycles. The molecule has 0 saturated heterocycles. The third-order valence-electron chi connectivity index (χ3n) is 4.82. The van der Waals surface area contributed by atoms with E-state index in [2.05, 4.69) is 16.0 Å². The lowest BCUT2D eigenvalue weighted by Crippen LogP contribution is -2.42. The van der Waals surface area contributed by atoms with Crippen LogP contribution in [0.3, 0.4) is 0 Å². The average molecular weight is 421 g/mol. The first-order valence-electron chi connectivity index (χ1n) is 9.18. The summed E-state index contributed by atoms with van der Waals surface area (Å²) < 4.78 is 3.09. The van der Waals surface area contributed by atoms with E-state index in [0.29, 0.717) is 16.3 Å². The van der Waals surface area contributed by atoms with Gasteiger partial charge in [0.1, 0.15) is 5.00 Å². The zero-order valence-electron chi connectivity index (χ0n) is 16.6. The molecule has 0 unspecified atom stereocenters. The van der Waals surface area contributed by atoms with E-state index in [-0.39, 0.29) is 11.3 Å². The molecular weight excluding hydrogens is 402 g/mol. The number of fused-ring (bicyclic) bond motifs is 1. The van der Waals surface area contributed by atoms with Gasteiger partial charge < -0.3 is 4.57 Å². The number of rotatable bonds is 3. The van der Waals surface area contributed by atoms with Crippen LogP contribution in [0.1, 0.15) is 32.2 Å². The van der Waals surface area contributed by atoms with Gasteiger partial charge in [-0.1, -0.05) is 18.2 Å². The smallest absolute Gasteiger partial charge is 0.290 e. The third-order valence-corrected chi connectivity index (χ3v) is 5.72. The van der Waals surface area contributed by atoms with Crippen LogP contribution < -0.4 is 16.4 Å². The molecule has 4 aromatic rings. The molecule has 0 spiro atoms. The molecule has 0 aliphatic heterocycles. The number of thiophene rings is 1. The highest BCUT2D eigenvalue weighted by Gasteiger charge is 2.19. The van der Waals surface area contributed by atoms with Gasteiger partial charge in [-0.15, -0.1) is 11.3 Å².